The lowest BCUT2D eigenvalue weighted by Gasteiger charge is -2.29. The number of carbonyl (C=O) groups is 1. The van der Waals surface area contributed by atoms with Crippen LogP contribution in [0.15, 0.2) is 24.3 Å². The topological polar surface area (TPSA) is 41.6 Å². The molecule has 0 heterocycles. The van der Waals surface area contributed by atoms with Gasteiger partial charge in [-0.3, -0.25) is 5.32 Å². The molecule has 1 aromatic carbocycles. The van der Waals surface area contributed by atoms with Crippen LogP contribution < -0.4 is 5.32 Å². The van der Waals surface area contributed by atoms with Crippen LogP contribution >= 0.6 is 0 Å². The Balaban J connectivity index is 2.25. The van der Waals surface area contributed by atoms with Gasteiger partial charge < -0.3 is 9.64 Å². The predicted octanol–water partition coefficient (Wildman–Crippen LogP) is 1.15. The zero-order valence-corrected chi connectivity index (χ0v) is 11.9. The molecule has 0 aliphatic heterocycles. The molecular formula is C15H22N2O2. The monoisotopic (exact) mass is 262 g/mol. The smallest absolute Gasteiger partial charge is 0.330 e. The van der Waals surface area contributed by atoms with E-state index in [1.54, 1.807) is 0 Å². The summed E-state index contributed by atoms with van der Waals surface area (Å²) in [6.07, 6.45) is 1.69. The summed E-state index contributed by atoms with van der Waals surface area (Å²) in [6.45, 7) is 1.65. The molecular weight excluding hydrogens is 240 g/mol. The van der Waals surface area contributed by atoms with E-state index in [9.17, 15) is 4.79 Å². The van der Waals surface area contributed by atoms with Crippen molar-refractivity contribution in [3.05, 3.63) is 35.4 Å². The molecule has 1 aliphatic rings. The lowest BCUT2D eigenvalue weighted by molar-refractivity contribution is -0.149. The second-order valence-electron chi connectivity index (χ2n) is 5.28. The molecule has 0 radical (unpaired) electrons. The average Bonchev–Trinajstić information content (AvgIpc) is 2.78. The van der Waals surface area contributed by atoms with Gasteiger partial charge >= 0.3 is 5.97 Å². The molecule has 104 valence electrons. The second-order valence-corrected chi connectivity index (χ2v) is 5.28. The van der Waals surface area contributed by atoms with E-state index in [1.807, 2.05) is 32.3 Å². The number of hydrogen-bond acceptors (Lipinski definition) is 4. The Labute approximate surface area is 114 Å². The largest absolute Gasteiger partial charge is 0.467 e. The van der Waals surface area contributed by atoms with E-state index in [1.165, 1.54) is 12.7 Å². The van der Waals surface area contributed by atoms with Crippen LogP contribution in [-0.2, 0) is 21.5 Å². The number of hydrogen-bond donors (Lipinski definition) is 1. The predicted molar refractivity (Wildman–Crippen MR) is 75.0 cm³/mol. The zero-order chi connectivity index (χ0) is 13.9. The molecule has 1 aliphatic carbocycles. The summed E-state index contributed by atoms with van der Waals surface area (Å²) in [6, 6.07) is 8.12. The van der Waals surface area contributed by atoms with Crippen molar-refractivity contribution >= 4 is 5.97 Å². The first-order valence-electron chi connectivity index (χ1n) is 6.67. The van der Waals surface area contributed by atoms with Crippen LogP contribution in [0.5, 0.6) is 0 Å². The third-order valence-corrected chi connectivity index (χ3v) is 3.77. The molecule has 1 N–H and O–H groups in total. The van der Waals surface area contributed by atoms with Gasteiger partial charge in [0.25, 0.3) is 0 Å². The number of methoxy groups -OCH3 is 1. The number of fused-ring (bicyclic) bond motifs is 1. The molecule has 1 unspecified atom stereocenters. The molecule has 1 aromatic rings. The first-order valence-corrected chi connectivity index (χ1v) is 6.67. The Kier molecular flexibility index (Phi) is 4.22. The van der Waals surface area contributed by atoms with Crippen molar-refractivity contribution in [2.24, 2.45) is 0 Å². The van der Waals surface area contributed by atoms with Crippen molar-refractivity contribution in [2.75, 3.05) is 34.3 Å². The molecule has 4 nitrogen and oxygen atoms in total. The fourth-order valence-corrected chi connectivity index (χ4v) is 2.75. The number of ether oxygens (including phenoxy) is 1. The maximum absolute atomic E-state index is 12.3. The maximum Gasteiger partial charge on any atom is 0.330 e. The molecule has 0 saturated heterocycles. The zero-order valence-electron chi connectivity index (χ0n) is 11.9. The number of carbonyl (C=O) groups excluding carboxylic acids is 1. The van der Waals surface area contributed by atoms with Gasteiger partial charge in [0.1, 0.15) is 5.54 Å². The van der Waals surface area contributed by atoms with Crippen molar-refractivity contribution in [3.8, 4) is 0 Å². The number of esters is 1. The highest BCUT2D eigenvalue weighted by Gasteiger charge is 2.45. The molecule has 4 heteroatoms. The molecule has 19 heavy (non-hydrogen) atoms. The van der Waals surface area contributed by atoms with Crippen molar-refractivity contribution < 1.29 is 9.53 Å². The van der Waals surface area contributed by atoms with Crippen LogP contribution in [-0.4, -0.2) is 45.2 Å². The van der Waals surface area contributed by atoms with Crippen molar-refractivity contribution in [2.45, 2.75) is 18.4 Å². The Hall–Kier alpha value is -1.39. The summed E-state index contributed by atoms with van der Waals surface area (Å²) < 4.78 is 5.04. The third kappa shape index (κ3) is 2.65. The van der Waals surface area contributed by atoms with E-state index in [0.29, 0.717) is 0 Å². The molecule has 0 aromatic heterocycles. The maximum atomic E-state index is 12.3. The van der Waals surface area contributed by atoms with E-state index in [4.69, 9.17) is 4.74 Å². The lowest BCUT2D eigenvalue weighted by atomic mass is 9.91. The molecule has 0 bridgehead atoms. The van der Waals surface area contributed by atoms with E-state index in [0.717, 1.165) is 31.5 Å². The van der Waals surface area contributed by atoms with E-state index >= 15 is 0 Å². The van der Waals surface area contributed by atoms with Gasteiger partial charge in [-0.1, -0.05) is 24.3 Å². The highest BCUT2D eigenvalue weighted by Crippen LogP contribution is 2.37. The van der Waals surface area contributed by atoms with Gasteiger partial charge in [-0.15, -0.1) is 0 Å². The quantitative estimate of drug-likeness (QED) is 0.808. The van der Waals surface area contributed by atoms with Gasteiger partial charge in [0, 0.05) is 13.1 Å². The van der Waals surface area contributed by atoms with E-state index in [2.05, 4.69) is 16.3 Å². The molecule has 0 fully saturated rings. The van der Waals surface area contributed by atoms with E-state index < -0.39 is 5.54 Å². The standard InChI is InChI=1S/C15H22N2O2/c1-17(2)11-10-16-15(14(18)19-3)9-8-12-6-4-5-7-13(12)15/h4-7,16H,8-11H2,1-3H3. The summed E-state index contributed by atoms with van der Waals surface area (Å²) in [4.78, 5) is 14.4. The molecule has 0 spiro atoms. The van der Waals surface area contributed by atoms with Gasteiger partial charge in [-0.25, -0.2) is 4.79 Å². The van der Waals surface area contributed by atoms with Crippen LogP contribution in [0, 0.1) is 0 Å². The molecule has 1 atom stereocenters. The van der Waals surface area contributed by atoms with Crippen LogP contribution in [0.2, 0.25) is 0 Å². The molecule has 2 rings (SSSR count). The number of benzene rings is 1. The minimum atomic E-state index is -0.665. The third-order valence-electron chi connectivity index (χ3n) is 3.77. The fourth-order valence-electron chi connectivity index (χ4n) is 2.75. The highest BCUT2D eigenvalue weighted by molar-refractivity contribution is 5.84. The number of rotatable bonds is 5. The number of likely N-dealkylation sites (N-methyl/N-ethyl adjacent to an activating group) is 1. The number of aryl methyl sites for hydroxylation is 1. The van der Waals surface area contributed by atoms with Gasteiger partial charge in [0.15, 0.2) is 0 Å². The average molecular weight is 262 g/mol. The normalized spacial score (nSPS) is 21.5. The Morgan fingerprint density at radius 2 is 2.16 bits per heavy atom. The van der Waals surface area contributed by atoms with Crippen molar-refractivity contribution in [1.82, 2.24) is 10.2 Å². The Morgan fingerprint density at radius 1 is 1.42 bits per heavy atom. The Morgan fingerprint density at radius 3 is 2.84 bits per heavy atom. The van der Waals surface area contributed by atoms with Crippen LogP contribution in [0.1, 0.15) is 17.5 Å². The van der Waals surface area contributed by atoms with Gasteiger partial charge in [0.05, 0.1) is 7.11 Å². The fraction of sp³-hybridized carbons (Fsp3) is 0.533. The van der Waals surface area contributed by atoms with Crippen molar-refractivity contribution in [3.63, 3.8) is 0 Å². The Bertz CT molecular complexity index is 459. The lowest BCUT2D eigenvalue weighted by Crippen LogP contribution is -2.50. The first kappa shape index (κ1) is 14.0. The summed E-state index contributed by atoms with van der Waals surface area (Å²) in [5, 5.41) is 3.42. The van der Waals surface area contributed by atoms with E-state index in [-0.39, 0.29) is 5.97 Å². The second kappa shape index (κ2) is 5.72. The summed E-state index contributed by atoms with van der Waals surface area (Å²) in [7, 11) is 5.50. The minimum Gasteiger partial charge on any atom is -0.467 e. The summed E-state index contributed by atoms with van der Waals surface area (Å²) in [5.74, 6) is -0.184. The van der Waals surface area contributed by atoms with Crippen LogP contribution in [0.4, 0.5) is 0 Å². The SMILES string of the molecule is COC(=O)C1(NCCN(C)C)CCc2ccccc21. The van der Waals surface area contributed by atoms with Gasteiger partial charge in [-0.05, 0) is 38.1 Å². The molecule has 0 saturated carbocycles. The molecule has 0 amide bonds. The minimum absolute atomic E-state index is 0.184. The van der Waals surface area contributed by atoms with Crippen molar-refractivity contribution in [1.29, 1.82) is 0 Å². The highest BCUT2D eigenvalue weighted by atomic mass is 16.5. The first-order chi connectivity index (χ1) is 9.10. The van der Waals surface area contributed by atoms with Crippen LogP contribution in [0.3, 0.4) is 0 Å². The van der Waals surface area contributed by atoms with Gasteiger partial charge in [0.2, 0.25) is 0 Å². The number of nitrogens with zero attached hydrogens (tertiary/aromatic N) is 1. The number of nitrogens with one attached hydrogen (secondary N) is 1. The summed E-state index contributed by atoms with van der Waals surface area (Å²) >= 11 is 0. The van der Waals surface area contributed by atoms with Crippen LogP contribution in [0.25, 0.3) is 0 Å². The summed E-state index contributed by atoms with van der Waals surface area (Å²) in [5.41, 5.74) is 1.65. The van der Waals surface area contributed by atoms with Gasteiger partial charge in [-0.2, -0.15) is 0 Å².